The number of hydrogen-bond acceptors (Lipinski definition) is 4. The summed E-state index contributed by atoms with van der Waals surface area (Å²) in [7, 11) is 1.65. The van der Waals surface area contributed by atoms with Gasteiger partial charge in [-0.3, -0.25) is 0 Å². The molecular formula is C15H15N3O. The zero-order valence-electron chi connectivity index (χ0n) is 10.9. The molecule has 0 saturated heterocycles. The van der Waals surface area contributed by atoms with E-state index in [9.17, 15) is 0 Å². The fourth-order valence-corrected chi connectivity index (χ4v) is 1.92. The van der Waals surface area contributed by atoms with E-state index in [0.717, 1.165) is 11.3 Å². The average molecular weight is 253 g/mol. The molecule has 1 aromatic heterocycles. The quantitative estimate of drug-likeness (QED) is 0.909. The molecule has 0 aliphatic carbocycles. The summed E-state index contributed by atoms with van der Waals surface area (Å²) in [6.45, 7) is 2.01. The first-order valence-corrected chi connectivity index (χ1v) is 6.01. The van der Waals surface area contributed by atoms with E-state index in [1.54, 1.807) is 25.4 Å². The van der Waals surface area contributed by atoms with Gasteiger partial charge in [-0.1, -0.05) is 18.2 Å². The topological polar surface area (TPSA) is 57.9 Å². The van der Waals surface area contributed by atoms with Crippen LogP contribution >= 0.6 is 0 Å². The Morgan fingerprint density at radius 1 is 1.26 bits per heavy atom. The van der Waals surface area contributed by atoms with Crippen molar-refractivity contribution in [1.29, 1.82) is 5.26 Å². The first kappa shape index (κ1) is 12.9. The van der Waals surface area contributed by atoms with Gasteiger partial charge in [-0.25, -0.2) is 4.98 Å². The molecule has 1 aromatic carbocycles. The Kier molecular flexibility index (Phi) is 3.99. The first-order chi connectivity index (χ1) is 9.26. The second-order valence-electron chi connectivity index (χ2n) is 4.12. The maximum atomic E-state index is 9.05. The van der Waals surface area contributed by atoms with E-state index in [1.165, 1.54) is 0 Å². The molecule has 4 heteroatoms. The summed E-state index contributed by atoms with van der Waals surface area (Å²) in [5.41, 5.74) is 1.56. The summed E-state index contributed by atoms with van der Waals surface area (Å²) < 4.78 is 5.34. The molecular weight excluding hydrogens is 238 g/mol. The third kappa shape index (κ3) is 2.83. The molecule has 96 valence electrons. The van der Waals surface area contributed by atoms with Gasteiger partial charge in [-0.05, 0) is 25.1 Å². The van der Waals surface area contributed by atoms with Crippen LogP contribution in [0.4, 0.5) is 5.82 Å². The van der Waals surface area contributed by atoms with Gasteiger partial charge in [0.15, 0.2) is 0 Å². The lowest BCUT2D eigenvalue weighted by atomic mass is 10.1. The fraction of sp³-hybridized carbons (Fsp3) is 0.200. The van der Waals surface area contributed by atoms with Crippen LogP contribution in [0.3, 0.4) is 0 Å². The highest BCUT2D eigenvalue weighted by Gasteiger charge is 2.12. The Hall–Kier alpha value is -2.54. The first-order valence-electron chi connectivity index (χ1n) is 6.01. The number of nitriles is 1. The van der Waals surface area contributed by atoms with E-state index < -0.39 is 0 Å². The summed E-state index contributed by atoms with van der Waals surface area (Å²) in [5, 5.41) is 12.3. The zero-order chi connectivity index (χ0) is 13.7. The van der Waals surface area contributed by atoms with Gasteiger partial charge in [0.1, 0.15) is 17.6 Å². The van der Waals surface area contributed by atoms with Crippen molar-refractivity contribution in [3.63, 3.8) is 0 Å². The number of para-hydroxylation sites is 1. The van der Waals surface area contributed by atoms with Crippen LogP contribution in [-0.4, -0.2) is 12.1 Å². The number of rotatable bonds is 4. The highest BCUT2D eigenvalue weighted by atomic mass is 16.5. The van der Waals surface area contributed by atoms with Crippen LogP contribution in [0, 0.1) is 11.3 Å². The van der Waals surface area contributed by atoms with Crippen molar-refractivity contribution in [2.75, 3.05) is 12.4 Å². The van der Waals surface area contributed by atoms with Gasteiger partial charge in [-0.2, -0.15) is 5.26 Å². The number of benzene rings is 1. The molecule has 0 fully saturated rings. The Bertz CT molecular complexity index is 604. The molecule has 19 heavy (non-hydrogen) atoms. The van der Waals surface area contributed by atoms with Gasteiger partial charge in [0.05, 0.1) is 18.7 Å². The zero-order valence-corrected chi connectivity index (χ0v) is 10.9. The van der Waals surface area contributed by atoms with Crippen molar-refractivity contribution < 1.29 is 4.74 Å². The SMILES string of the molecule is COc1ccccc1C(C)Nc1ncccc1C#N. The molecule has 0 aliphatic rings. The Balaban J connectivity index is 2.26. The summed E-state index contributed by atoms with van der Waals surface area (Å²) in [5.74, 6) is 1.40. The van der Waals surface area contributed by atoms with Gasteiger partial charge in [0.25, 0.3) is 0 Å². The Morgan fingerprint density at radius 2 is 2.05 bits per heavy atom. The molecule has 1 atom stereocenters. The maximum absolute atomic E-state index is 9.05. The van der Waals surface area contributed by atoms with E-state index in [-0.39, 0.29) is 6.04 Å². The van der Waals surface area contributed by atoms with Crippen LogP contribution in [0.15, 0.2) is 42.6 Å². The van der Waals surface area contributed by atoms with Gasteiger partial charge >= 0.3 is 0 Å². The van der Waals surface area contributed by atoms with E-state index in [1.807, 2.05) is 31.2 Å². The molecule has 0 radical (unpaired) electrons. The van der Waals surface area contributed by atoms with Crippen LogP contribution in [0.5, 0.6) is 5.75 Å². The lowest BCUT2D eigenvalue weighted by molar-refractivity contribution is 0.408. The minimum absolute atomic E-state index is 0.00171. The Labute approximate surface area is 112 Å². The van der Waals surface area contributed by atoms with Crippen molar-refractivity contribution in [3.8, 4) is 11.8 Å². The van der Waals surface area contributed by atoms with E-state index in [2.05, 4.69) is 16.4 Å². The number of pyridine rings is 1. The largest absolute Gasteiger partial charge is 0.496 e. The molecule has 0 saturated carbocycles. The maximum Gasteiger partial charge on any atom is 0.144 e. The summed E-state index contributed by atoms with van der Waals surface area (Å²) in [6, 6.07) is 13.4. The molecule has 4 nitrogen and oxygen atoms in total. The molecule has 0 amide bonds. The molecule has 1 N–H and O–H groups in total. The number of nitrogens with zero attached hydrogens (tertiary/aromatic N) is 2. The molecule has 2 rings (SSSR count). The van der Waals surface area contributed by atoms with Crippen molar-refractivity contribution in [3.05, 3.63) is 53.7 Å². The second-order valence-corrected chi connectivity index (χ2v) is 4.12. The molecule has 2 aromatic rings. The van der Waals surface area contributed by atoms with Crippen molar-refractivity contribution in [2.24, 2.45) is 0 Å². The second kappa shape index (κ2) is 5.87. The highest BCUT2D eigenvalue weighted by molar-refractivity contribution is 5.53. The van der Waals surface area contributed by atoms with Crippen molar-refractivity contribution >= 4 is 5.82 Å². The van der Waals surface area contributed by atoms with E-state index in [4.69, 9.17) is 10.00 Å². The number of nitrogens with one attached hydrogen (secondary N) is 1. The number of aromatic nitrogens is 1. The molecule has 1 heterocycles. The third-order valence-electron chi connectivity index (χ3n) is 2.89. The summed E-state index contributed by atoms with van der Waals surface area (Å²) >= 11 is 0. The summed E-state index contributed by atoms with van der Waals surface area (Å²) in [4.78, 5) is 4.20. The van der Waals surface area contributed by atoms with Crippen LogP contribution in [0.1, 0.15) is 24.1 Å². The van der Waals surface area contributed by atoms with Gasteiger partial charge in [0.2, 0.25) is 0 Å². The number of anilines is 1. The van der Waals surface area contributed by atoms with Gasteiger partial charge in [-0.15, -0.1) is 0 Å². The van der Waals surface area contributed by atoms with Crippen LogP contribution in [0.2, 0.25) is 0 Å². The van der Waals surface area contributed by atoms with E-state index >= 15 is 0 Å². The molecule has 1 unspecified atom stereocenters. The number of ether oxygens (including phenoxy) is 1. The van der Waals surface area contributed by atoms with Crippen molar-refractivity contribution in [2.45, 2.75) is 13.0 Å². The normalized spacial score (nSPS) is 11.4. The van der Waals surface area contributed by atoms with Crippen LogP contribution < -0.4 is 10.1 Å². The minimum Gasteiger partial charge on any atom is -0.496 e. The molecule has 0 aliphatic heterocycles. The van der Waals surface area contributed by atoms with Crippen LogP contribution in [-0.2, 0) is 0 Å². The standard InChI is InChI=1S/C15H15N3O/c1-11(13-7-3-4-8-14(13)19-2)18-15-12(10-16)6-5-9-17-15/h3-9,11H,1-2H3,(H,17,18). The molecule has 0 bridgehead atoms. The average Bonchev–Trinajstić information content (AvgIpc) is 2.47. The predicted molar refractivity (Wildman–Crippen MR) is 74.0 cm³/mol. The predicted octanol–water partition coefficient (Wildman–Crippen LogP) is 3.13. The van der Waals surface area contributed by atoms with Gasteiger partial charge < -0.3 is 10.1 Å². The van der Waals surface area contributed by atoms with E-state index in [0.29, 0.717) is 11.4 Å². The Morgan fingerprint density at radius 3 is 2.79 bits per heavy atom. The van der Waals surface area contributed by atoms with Crippen molar-refractivity contribution in [1.82, 2.24) is 4.98 Å². The third-order valence-corrected chi connectivity index (χ3v) is 2.89. The smallest absolute Gasteiger partial charge is 0.144 e. The number of hydrogen-bond donors (Lipinski definition) is 1. The summed E-state index contributed by atoms with van der Waals surface area (Å²) in [6.07, 6.45) is 1.66. The number of methoxy groups -OCH3 is 1. The highest BCUT2D eigenvalue weighted by Crippen LogP contribution is 2.27. The monoisotopic (exact) mass is 253 g/mol. The van der Waals surface area contributed by atoms with Gasteiger partial charge in [0, 0.05) is 11.8 Å². The lowest BCUT2D eigenvalue weighted by Gasteiger charge is -2.18. The molecule has 0 spiro atoms. The fourth-order valence-electron chi connectivity index (χ4n) is 1.92. The van der Waals surface area contributed by atoms with Crippen LogP contribution in [0.25, 0.3) is 0 Å². The lowest BCUT2D eigenvalue weighted by Crippen LogP contribution is -2.10. The minimum atomic E-state index is -0.00171.